The normalized spacial score (nSPS) is 12.9. The standard InChI is InChI=1S/C30H18BN/c1-2-8-19(9-3-1)20-14-15-21-23-16-17-24-22-10-4-6-12-27(22)32-28-13-7-5-11-25(28)31(26(21)18-20)29(23)30(24)32/h1-18H. The lowest BCUT2D eigenvalue weighted by Crippen LogP contribution is -2.53. The molecule has 0 saturated heterocycles. The van der Waals surface area contributed by atoms with Crippen molar-refractivity contribution in [3.8, 4) is 27.9 Å². The molecule has 0 bridgehead atoms. The van der Waals surface area contributed by atoms with Crippen molar-refractivity contribution in [2.75, 3.05) is 0 Å². The number of benzene rings is 5. The molecular weight excluding hydrogens is 385 g/mol. The maximum Gasteiger partial charge on any atom is 0.248 e. The van der Waals surface area contributed by atoms with Gasteiger partial charge in [-0.25, -0.2) is 0 Å². The van der Waals surface area contributed by atoms with Crippen LogP contribution in [0.5, 0.6) is 0 Å². The Morgan fingerprint density at radius 3 is 2.25 bits per heavy atom. The van der Waals surface area contributed by atoms with E-state index >= 15 is 0 Å². The second-order valence-electron chi connectivity index (χ2n) is 8.94. The van der Waals surface area contributed by atoms with Gasteiger partial charge in [-0.3, -0.25) is 0 Å². The van der Waals surface area contributed by atoms with Crippen LogP contribution in [0.25, 0.3) is 49.7 Å². The van der Waals surface area contributed by atoms with Crippen LogP contribution in [-0.4, -0.2) is 11.3 Å². The summed E-state index contributed by atoms with van der Waals surface area (Å²) in [6, 6.07) is 40.3. The van der Waals surface area contributed by atoms with E-state index in [1.165, 1.54) is 66.1 Å². The van der Waals surface area contributed by atoms with Crippen molar-refractivity contribution < 1.29 is 0 Å². The number of para-hydroxylation sites is 2. The van der Waals surface area contributed by atoms with Gasteiger partial charge in [0.1, 0.15) is 0 Å². The Kier molecular flexibility index (Phi) is 3.02. The third-order valence-corrected chi connectivity index (χ3v) is 7.41. The minimum atomic E-state index is 0.278. The molecular formula is C30H18BN. The average Bonchev–Trinajstić information content (AvgIpc) is 3.37. The van der Waals surface area contributed by atoms with Gasteiger partial charge in [0.2, 0.25) is 6.71 Å². The largest absolute Gasteiger partial charge is 0.310 e. The van der Waals surface area contributed by atoms with E-state index in [1.54, 1.807) is 0 Å². The molecule has 8 rings (SSSR count). The molecule has 32 heavy (non-hydrogen) atoms. The van der Waals surface area contributed by atoms with Crippen molar-refractivity contribution in [1.82, 2.24) is 4.57 Å². The molecule has 146 valence electrons. The molecule has 1 nitrogen and oxygen atoms in total. The van der Waals surface area contributed by atoms with Crippen LogP contribution in [0.3, 0.4) is 0 Å². The van der Waals surface area contributed by atoms with Crippen molar-refractivity contribution in [2.45, 2.75) is 0 Å². The predicted molar refractivity (Wildman–Crippen MR) is 136 cm³/mol. The Bertz CT molecular complexity index is 1730. The highest BCUT2D eigenvalue weighted by Crippen LogP contribution is 2.38. The molecule has 3 heterocycles. The van der Waals surface area contributed by atoms with Gasteiger partial charge >= 0.3 is 0 Å². The fourth-order valence-corrected chi connectivity index (χ4v) is 6.13. The van der Waals surface area contributed by atoms with Crippen LogP contribution in [0.15, 0.2) is 109 Å². The minimum absolute atomic E-state index is 0.278. The van der Waals surface area contributed by atoms with Gasteiger partial charge in [0.25, 0.3) is 0 Å². The highest BCUT2D eigenvalue weighted by atomic mass is 15.0. The molecule has 0 spiro atoms. The monoisotopic (exact) mass is 403 g/mol. The molecule has 0 saturated carbocycles. The summed E-state index contributed by atoms with van der Waals surface area (Å²) in [5.74, 6) is 0. The van der Waals surface area contributed by atoms with E-state index in [2.05, 4.69) is 114 Å². The lowest BCUT2D eigenvalue weighted by Gasteiger charge is -2.24. The zero-order valence-electron chi connectivity index (χ0n) is 17.4. The SMILES string of the molecule is c1ccc(-c2ccc3c(c2)B2c4ccccc4-n4c5ccccc5c5ccc-3c2c54)cc1. The summed E-state index contributed by atoms with van der Waals surface area (Å²) in [5.41, 5.74) is 13.6. The predicted octanol–water partition coefficient (Wildman–Crippen LogP) is 5.26. The van der Waals surface area contributed by atoms with Crippen LogP contribution in [0.2, 0.25) is 0 Å². The lowest BCUT2D eigenvalue weighted by atomic mass is 9.37. The third kappa shape index (κ3) is 1.91. The van der Waals surface area contributed by atoms with Crippen LogP contribution < -0.4 is 16.4 Å². The Hall–Kier alpha value is -4.04. The highest BCUT2D eigenvalue weighted by Gasteiger charge is 2.40. The molecule has 2 heteroatoms. The first-order valence-corrected chi connectivity index (χ1v) is 11.3. The second-order valence-corrected chi connectivity index (χ2v) is 8.94. The molecule has 1 aromatic heterocycles. The van der Waals surface area contributed by atoms with E-state index < -0.39 is 0 Å². The van der Waals surface area contributed by atoms with Crippen molar-refractivity contribution in [3.05, 3.63) is 109 Å². The van der Waals surface area contributed by atoms with Crippen molar-refractivity contribution in [2.24, 2.45) is 0 Å². The van der Waals surface area contributed by atoms with Crippen molar-refractivity contribution >= 4 is 44.9 Å². The molecule has 6 aromatic rings. The van der Waals surface area contributed by atoms with E-state index in [4.69, 9.17) is 0 Å². The smallest absolute Gasteiger partial charge is 0.248 e. The first kappa shape index (κ1) is 16.6. The van der Waals surface area contributed by atoms with E-state index in [9.17, 15) is 0 Å². The molecule has 5 aromatic carbocycles. The van der Waals surface area contributed by atoms with Gasteiger partial charge in [-0.1, -0.05) is 103 Å². The van der Waals surface area contributed by atoms with Crippen LogP contribution in [0, 0.1) is 0 Å². The van der Waals surface area contributed by atoms with E-state index in [0.717, 1.165) is 0 Å². The zero-order valence-corrected chi connectivity index (χ0v) is 17.4. The average molecular weight is 403 g/mol. The van der Waals surface area contributed by atoms with Crippen LogP contribution >= 0.6 is 0 Å². The molecule has 0 aliphatic carbocycles. The molecule has 2 aliphatic heterocycles. The summed E-state index contributed by atoms with van der Waals surface area (Å²) in [4.78, 5) is 0. The number of aromatic nitrogens is 1. The van der Waals surface area contributed by atoms with E-state index in [-0.39, 0.29) is 6.71 Å². The summed E-state index contributed by atoms with van der Waals surface area (Å²) in [6.45, 7) is 0.278. The number of nitrogens with zero attached hydrogens (tertiary/aromatic N) is 1. The molecule has 0 N–H and O–H groups in total. The van der Waals surface area contributed by atoms with Crippen LogP contribution in [0.1, 0.15) is 0 Å². The van der Waals surface area contributed by atoms with Crippen molar-refractivity contribution in [1.29, 1.82) is 0 Å². The number of hydrogen-bond acceptors (Lipinski definition) is 0. The summed E-state index contributed by atoms with van der Waals surface area (Å²) in [5, 5.41) is 2.69. The fourth-order valence-electron chi connectivity index (χ4n) is 6.13. The molecule has 0 atom stereocenters. The van der Waals surface area contributed by atoms with Gasteiger partial charge < -0.3 is 4.57 Å². The number of fused-ring (bicyclic) bond motifs is 9. The molecule has 2 aliphatic rings. The summed E-state index contributed by atoms with van der Waals surface area (Å²) in [7, 11) is 0. The number of rotatable bonds is 1. The number of hydrogen-bond donors (Lipinski definition) is 0. The lowest BCUT2D eigenvalue weighted by molar-refractivity contribution is 1.19. The first-order chi connectivity index (χ1) is 15.9. The van der Waals surface area contributed by atoms with Gasteiger partial charge in [-0.2, -0.15) is 0 Å². The Morgan fingerprint density at radius 1 is 0.531 bits per heavy atom. The van der Waals surface area contributed by atoms with Gasteiger partial charge in [0.05, 0.1) is 5.52 Å². The van der Waals surface area contributed by atoms with Gasteiger partial charge in [-0.15, -0.1) is 0 Å². The molecule has 0 unspecified atom stereocenters. The quantitative estimate of drug-likeness (QED) is 0.330. The van der Waals surface area contributed by atoms with Gasteiger partial charge in [0, 0.05) is 22.0 Å². The fraction of sp³-hybridized carbons (Fsp3) is 0. The summed E-state index contributed by atoms with van der Waals surface area (Å²) in [6.07, 6.45) is 0. The first-order valence-electron chi connectivity index (χ1n) is 11.3. The maximum absolute atomic E-state index is 2.50. The third-order valence-electron chi connectivity index (χ3n) is 7.41. The van der Waals surface area contributed by atoms with Gasteiger partial charge in [0.15, 0.2) is 0 Å². The van der Waals surface area contributed by atoms with Crippen LogP contribution in [-0.2, 0) is 0 Å². The Balaban J connectivity index is 1.53. The molecule has 0 fully saturated rings. The van der Waals surface area contributed by atoms with E-state index in [0.29, 0.717) is 0 Å². The Morgan fingerprint density at radius 2 is 1.31 bits per heavy atom. The maximum atomic E-state index is 2.50. The van der Waals surface area contributed by atoms with Gasteiger partial charge in [-0.05, 0) is 45.3 Å². The zero-order chi connectivity index (χ0) is 20.8. The molecule has 0 amide bonds. The molecule has 0 radical (unpaired) electrons. The Labute approximate surface area is 186 Å². The summed E-state index contributed by atoms with van der Waals surface area (Å²) < 4.78 is 2.50. The highest BCUT2D eigenvalue weighted by molar-refractivity contribution is 7.01. The second kappa shape index (κ2) is 5.80. The summed E-state index contributed by atoms with van der Waals surface area (Å²) >= 11 is 0. The topological polar surface area (TPSA) is 4.93 Å². The van der Waals surface area contributed by atoms with Crippen LogP contribution in [0.4, 0.5) is 0 Å². The minimum Gasteiger partial charge on any atom is -0.310 e. The van der Waals surface area contributed by atoms with E-state index in [1.807, 2.05) is 0 Å². The van der Waals surface area contributed by atoms with Crippen molar-refractivity contribution in [3.63, 3.8) is 0 Å².